The summed E-state index contributed by atoms with van der Waals surface area (Å²) in [6.07, 6.45) is 0. The molecule has 1 atom stereocenters. The average Bonchev–Trinajstić information content (AvgIpc) is 3.13. The number of anilines is 1. The third kappa shape index (κ3) is 6.28. The SMILES string of the molecule is CC[NH+](CC(=O)NCc1cccs1)CC(=O)Nc1ccccc1C(C)C. The van der Waals surface area contributed by atoms with Crippen LogP contribution in [0.25, 0.3) is 0 Å². The van der Waals surface area contributed by atoms with Gasteiger partial charge in [0.25, 0.3) is 11.8 Å². The molecule has 0 saturated heterocycles. The van der Waals surface area contributed by atoms with Crippen LogP contribution in [-0.4, -0.2) is 31.4 Å². The number of para-hydroxylation sites is 1. The standard InChI is InChI=1S/C20H27N3O2S/c1-4-23(13-19(24)21-12-16-8-7-11-26-16)14-20(25)22-18-10-6-5-9-17(18)15(2)3/h5-11,15H,4,12-14H2,1-3H3,(H,21,24)(H,22,25)/p+1. The summed E-state index contributed by atoms with van der Waals surface area (Å²) >= 11 is 1.62. The summed E-state index contributed by atoms with van der Waals surface area (Å²) in [6.45, 7) is 8.01. The summed E-state index contributed by atoms with van der Waals surface area (Å²) in [7, 11) is 0. The lowest BCUT2D eigenvalue weighted by atomic mass is 10.0. The molecule has 0 aliphatic heterocycles. The molecule has 26 heavy (non-hydrogen) atoms. The van der Waals surface area contributed by atoms with Gasteiger partial charge in [0.15, 0.2) is 13.1 Å². The molecule has 0 radical (unpaired) electrons. The summed E-state index contributed by atoms with van der Waals surface area (Å²) < 4.78 is 0. The summed E-state index contributed by atoms with van der Waals surface area (Å²) in [6, 6.07) is 11.8. The lowest BCUT2D eigenvalue weighted by Crippen LogP contribution is -3.14. The molecule has 1 aromatic heterocycles. The molecule has 0 saturated carbocycles. The summed E-state index contributed by atoms with van der Waals surface area (Å²) in [5.41, 5.74) is 1.97. The van der Waals surface area contributed by atoms with Gasteiger partial charge >= 0.3 is 0 Å². The van der Waals surface area contributed by atoms with Crippen molar-refractivity contribution in [3.8, 4) is 0 Å². The summed E-state index contributed by atoms with van der Waals surface area (Å²) in [4.78, 5) is 26.6. The second kappa shape index (κ2) is 10.1. The zero-order valence-electron chi connectivity index (χ0n) is 15.7. The van der Waals surface area contributed by atoms with Crippen molar-refractivity contribution >= 4 is 28.8 Å². The van der Waals surface area contributed by atoms with Gasteiger partial charge in [-0.3, -0.25) is 9.59 Å². The van der Waals surface area contributed by atoms with Crippen molar-refractivity contribution in [1.82, 2.24) is 5.32 Å². The number of thiophene rings is 1. The van der Waals surface area contributed by atoms with E-state index in [0.29, 0.717) is 25.6 Å². The molecule has 3 N–H and O–H groups in total. The first-order valence-electron chi connectivity index (χ1n) is 9.01. The third-order valence-electron chi connectivity index (χ3n) is 4.22. The molecule has 1 unspecified atom stereocenters. The van der Waals surface area contributed by atoms with Crippen LogP contribution in [0.4, 0.5) is 5.69 Å². The monoisotopic (exact) mass is 374 g/mol. The lowest BCUT2D eigenvalue weighted by Gasteiger charge is -2.18. The molecule has 5 nitrogen and oxygen atoms in total. The van der Waals surface area contributed by atoms with E-state index in [0.717, 1.165) is 21.0 Å². The fourth-order valence-electron chi connectivity index (χ4n) is 2.74. The van der Waals surface area contributed by atoms with Gasteiger partial charge in [0.1, 0.15) is 0 Å². The summed E-state index contributed by atoms with van der Waals surface area (Å²) in [5.74, 6) is 0.232. The highest BCUT2D eigenvalue weighted by Crippen LogP contribution is 2.23. The van der Waals surface area contributed by atoms with Crippen molar-refractivity contribution in [2.45, 2.75) is 33.2 Å². The van der Waals surface area contributed by atoms with E-state index in [1.165, 1.54) is 0 Å². The number of quaternary nitrogens is 1. The number of carbonyl (C=O) groups is 2. The Balaban J connectivity index is 1.84. The van der Waals surface area contributed by atoms with Crippen molar-refractivity contribution < 1.29 is 14.5 Å². The molecular formula is C20H28N3O2S+. The van der Waals surface area contributed by atoms with Gasteiger partial charge in [0.05, 0.1) is 13.1 Å². The van der Waals surface area contributed by atoms with E-state index in [4.69, 9.17) is 0 Å². The van der Waals surface area contributed by atoms with Gasteiger partial charge in [-0.2, -0.15) is 0 Å². The molecule has 0 fully saturated rings. The van der Waals surface area contributed by atoms with E-state index in [1.54, 1.807) is 11.3 Å². The van der Waals surface area contributed by atoms with E-state index in [-0.39, 0.29) is 18.4 Å². The molecule has 0 spiro atoms. The van der Waals surface area contributed by atoms with E-state index >= 15 is 0 Å². The van der Waals surface area contributed by atoms with Crippen molar-refractivity contribution in [2.75, 3.05) is 25.0 Å². The number of nitrogens with one attached hydrogen (secondary N) is 3. The van der Waals surface area contributed by atoms with Gasteiger partial charge in [-0.1, -0.05) is 38.1 Å². The molecule has 2 amide bonds. The van der Waals surface area contributed by atoms with E-state index in [9.17, 15) is 9.59 Å². The predicted octanol–water partition coefficient (Wildman–Crippen LogP) is 2.03. The summed E-state index contributed by atoms with van der Waals surface area (Å²) in [5, 5.41) is 7.90. The van der Waals surface area contributed by atoms with Crippen LogP contribution < -0.4 is 15.5 Å². The number of amides is 2. The number of carbonyl (C=O) groups excluding carboxylic acids is 2. The molecule has 0 aliphatic rings. The molecule has 1 aromatic carbocycles. The number of hydrogen-bond donors (Lipinski definition) is 3. The Morgan fingerprint density at radius 2 is 1.81 bits per heavy atom. The Kier molecular flexibility index (Phi) is 7.81. The molecule has 1 heterocycles. The molecule has 0 bridgehead atoms. The van der Waals surface area contributed by atoms with Crippen molar-refractivity contribution in [2.24, 2.45) is 0 Å². The van der Waals surface area contributed by atoms with Crippen molar-refractivity contribution in [3.63, 3.8) is 0 Å². The number of likely N-dealkylation sites (N-methyl/N-ethyl adjacent to an activating group) is 1. The minimum atomic E-state index is -0.0685. The Labute approximate surface area is 159 Å². The number of hydrogen-bond acceptors (Lipinski definition) is 3. The van der Waals surface area contributed by atoms with Gasteiger partial charge in [-0.25, -0.2) is 0 Å². The van der Waals surface area contributed by atoms with Crippen LogP contribution in [0.2, 0.25) is 0 Å². The second-order valence-electron chi connectivity index (χ2n) is 6.60. The average molecular weight is 375 g/mol. The maximum atomic E-state index is 12.4. The number of rotatable bonds is 9. The molecular weight excluding hydrogens is 346 g/mol. The molecule has 6 heteroatoms. The second-order valence-corrected chi connectivity index (χ2v) is 7.64. The van der Waals surface area contributed by atoms with Crippen LogP contribution >= 0.6 is 11.3 Å². The Hall–Kier alpha value is -2.18. The van der Waals surface area contributed by atoms with Crippen molar-refractivity contribution in [3.05, 3.63) is 52.2 Å². The van der Waals surface area contributed by atoms with Crippen LogP contribution in [0.5, 0.6) is 0 Å². The van der Waals surface area contributed by atoms with Gasteiger partial charge in [0.2, 0.25) is 0 Å². The van der Waals surface area contributed by atoms with E-state index in [2.05, 4.69) is 24.5 Å². The fraction of sp³-hybridized carbons (Fsp3) is 0.400. The highest BCUT2D eigenvalue weighted by Gasteiger charge is 2.17. The Bertz CT molecular complexity index is 714. The minimum Gasteiger partial charge on any atom is -0.346 e. The van der Waals surface area contributed by atoms with Gasteiger partial charge < -0.3 is 15.5 Å². The van der Waals surface area contributed by atoms with E-state index in [1.807, 2.05) is 48.7 Å². The normalized spacial score (nSPS) is 12.0. The highest BCUT2D eigenvalue weighted by molar-refractivity contribution is 7.09. The van der Waals surface area contributed by atoms with Crippen LogP contribution in [0.1, 0.15) is 37.1 Å². The maximum absolute atomic E-state index is 12.4. The molecule has 0 aliphatic carbocycles. The van der Waals surface area contributed by atoms with Gasteiger partial charge in [-0.15, -0.1) is 11.3 Å². The first-order valence-corrected chi connectivity index (χ1v) is 9.89. The largest absolute Gasteiger partial charge is 0.346 e. The quantitative estimate of drug-likeness (QED) is 0.629. The zero-order chi connectivity index (χ0) is 18.9. The molecule has 140 valence electrons. The van der Waals surface area contributed by atoms with Gasteiger partial charge in [-0.05, 0) is 35.9 Å². The zero-order valence-corrected chi connectivity index (χ0v) is 16.5. The predicted molar refractivity (Wildman–Crippen MR) is 107 cm³/mol. The molecule has 2 rings (SSSR count). The topological polar surface area (TPSA) is 62.6 Å². The lowest BCUT2D eigenvalue weighted by molar-refractivity contribution is -0.881. The third-order valence-corrected chi connectivity index (χ3v) is 5.09. The van der Waals surface area contributed by atoms with Crippen LogP contribution in [0.15, 0.2) is 41.8 Å². The maximum Gasteiger partial charge on any atom is 0.279 e. The first-order chi connectivity index (χ1) is 12.5. The van der Waals surface area contributed by atoms with Crippen LogP contribution in [0, 0.1) is 0 Å². The van der Waals surface area contributed by atoms with E-state index < -0.39 is 0 Å². The Morgan fingerprint density at radius 3 is 2.46 bits per heavy atom. The van der Waals surface area contributed by atoms with Crippen LogP contribution in [-0.2, 0) is 16.1 Å². The van der Waals surface area contributed by atoms with Gasteiger partial charge in [0, 0.05) is 10.6 Å². The first kappa shape index (κ1) is 20.1. The smallest absolute Gasteiger partial charge is 0.279 e. The minimum absolute atomic E-state index is 0.0365. The number of benzene rings is 1. The Morgan fingerprint density at radius 1 is 1.08 bits per heavy atom. The van der Waals surface area contributed by atoms with Crippen LogP contribution in [0.3, 0.4) is 0 Å². The van der Waals surface area contributed by atoms with Crippen molar-refractivity contribution in [1.29, 1.82) is 0 Å². The molecule has 2 aromatic rings. The fourth-order valence-corrected chi connectivity index (χ4v) is 3.38. The highest BCUT2D eigenvalue weighted by atomic mass is 32.1.